The van der Waals surface area contributed by atoms with Crippen molar-refractivity contribution >= 4 is 11.9 Å². The van der Waals surface area contributed by atoms with Gasteiger partial charge in [0.2, 0.25) is 0 Å². The summed E-state index contributed by atoms with van der Waals surface area (Å²) in [6.45, 7) is 3.54. The number of hydrogen-bond acceptors (Lipinski definition) is 4. The molecule has 1 aromatic rings. The van der Waals surface area contributed by atoms with Crippen molar-refractivity contribution < 1.29 is 14.7 Å². The Kier molecular flexibility index (Phi) is 6.34. The molecule has 0 bridgehead atoms. The fourth-order valence-corrected chi connectivity index (χ4v) is 3.12. The second kappa shape index (κ2) is 8.26. The molecule has 2 rings (SSSR count). The molecule has 1 fully saturated rings. The number of aliphatic carboxylic acids is 1. The molecule has 0 aliphatic heterocycles. The number of amides is 1. The molecule has 0 atom stereocenters. The first-order chi connectivity index (χ1) is 11.4. The summed E-state index contributed by atoms with van der Waals surface area (Å²) in [4.78, 5) is 27.2. The topological polar surface area (TPSA) is 72.9 Å². The molecular formula is C18H27N3O3. The molecule has 0 radical (unpaired) electrons. The van der Waals surface area contributed by atoms with Gasteiger partial charge in [-0.25, -0.2) is 0 Å². The van der Waals surface area contributed by atoms with E-state index in [4.69, 9.17) is 5.11 Å². The Morgan fingerprint density at radius 2 is 2.00 bits per heavy atom. The molecule has 1 amide bonds. The van der Waals surface area contributed by atoms with Crippen LogP contribution in [0.2, 0.25) is 0 Å². The first kappa shape index (κ1) is 18.4. The van der Waals surface area contributed by atoms with E-state index < -0.39 is 5.97 Å². The number of rotatable bonds is 8. The highest BCUT2D eigenvalue weighted by Crippen LogP contribution is 2.26. The van der Waals surface area contributed by atoms with Crippen LogP contribution in [0.5, 0.6) is 0 Å². The first-order valence-corrected chi connectivity index (χ1v) is 8.39. The molecule has 0 heterocycles. The van der Waals surface area contributed by atoms with Crippen molar-refractivity contribution in [3.05, 3.63) is 35.4 Å². The van der Waals surface area contributed by atoms with Gasteiger partial charge in [0, 0.05) is 24.2 Å². The monoisotopic (exact) mass is 333 g/mol. The summed E-state index contributed by atoms with van der Waals surface area (Å²) in [5.41, 5.74) is 1.79. The van der Waals surface area contributed by atoms with E-state index in [0.29, 0.717) is 12.1 Å². The van der Waals surface area contributed by atoms with Crippen LogP contribution in [0.15, 0.2) is 24.3 Å². The summed E-state index contributed by atoms with van der Waals surface area (Å²) in [6, 6.07) is 8.05. The van der Waals surface area contributed by atoms with Crippen molar-refractivity contribution in [3.8, 4) is 0 Å². The number of nitrogens with one attached hydrogen (secondary N) is 1. The maximum Gasteiger partial charge on any atom is 0.317 e. The fourth-order valence-electron chi connectivity index (χ4n) is 3.12. The lowest BCUT2D eigenvalue weighted by Gasteiger charge is -2.42. The van der Waals surface area contributed by atoms with Crippen LogP contribution in [0.25, 0.3) is 0 Å². The van der Waals surface area contributed by atoms with Gasteiger partial charge in [-0.2, -0.15) is 0 Å². The minimum absolute atomic E-state index is 0.0552. The standard InChI is InChI=1S/C18H27N3O3/c1-4-21(12-17(22)23)16-9-15(10-16)19-18(24)14-7-5-6-13(8-14)11-20(2)3/h5-8,15-16H,4,9-12H2,1-3H3,(H,19,24)(H,22,23). The normalized spacial score (nSPS) is 20.0. The van der Waals surface area contributed by atoms with Crippen LogP contribution in [-0.2, 0) is 11.3 Å². The van der Waals surface area contributed by atoms with E-state index in [1.54, 1.807) is 0 Å². The average Bonchev–Trinajstić information content (AvgIpc) is 2.47. The molecule has 0 aromatic heterocycles. The molecule has 24 heavy (non-hydrogen) atoms. The summed E-state index contributed by atoms with van der Waals surface area (Å²) < 4.78 is 0. The predicted octanol–water partition coefficient (Wildman–Crippen LogP) is 1.42. The van der Waals surface area contributed by atoms with Gasteiger partial charge in [0.25, 0.3) is 5.91 Å². The van der Waals surface area contributed by atoms with Crippen molar-refractivity contribution in [2.45, 2.75) is 38.4 Å². The van der Waals surface area contributed by atoms with Crippen LogP contribution in [0.4, 0.5) is 0 Å². The van der Waals surface area contributed by atoms with E-state index in [9.17, 15) is 9.59 Å². The predicted molar refractivity (Wildman–Crippen MR) is 93.0 cm³/mol. The lowest BCUT2D eigenvalue weighted by Crippen LogP contribution is -2.54. The fraction of sp³-hybridized carbons (Fsp3) is 0.556. The van der Waals surface area contributed by atoms with Crippen molar-refractivity contribution in [1.29, 1.82) is 0 Å². The number of hydrogen-bond donors (Lipinski definition) is 2. The lowest BCUT2D eigenvalue weighted by atomic mass is 9.85. The minimum atomic E-state index is -0.804. The van der Waals surface area contributed by atoms with Crippen LogP contribution >= 0.6 is 0 Å². The van der Waals surface area contributed by atoms with Crippen molar-refractivity contribution in [3.63, 3.8) is 0 Å². The number of carboxylic acid groups (broad SMARTS) is 1. The zero-order chi connectivity index (χ0) is 17.7. The number of nitrogens with zero attached hydrogens (tertiary/aromatic N) is 2. The van der Waals surface area contributed by atoms with E-state index in [-0.39, 0.29) is 24.5 Å². The van der Waals surface area contributed by atoms with Crippen molar-refractivity contribution in [2.24, 2.45) is 0 Å². The second-order valence-corrected chi connectivity index (χ2v) is 6.69. The summed E-state index contributed by atoms with van der Waals surface area (Å²) in [7, 11) is 4.00. The smallest absolute Gasteiger partial charge is 0.317 e. The largest absolute Gasteiger partial charge is 0.480 e. The van der Waals surface area contributed by atoms with Crippen LogP contribution in [0.1, 0.15) is 35.7 Å². The maximum atomic E-state index is 12.4. The van der Waals surface area contributed by atoms with Gasteiger partial charge in [-0.15, -0.1) is 0 Å². The number of benzene rings is 1. The summed E-state index contributed by atoms with van der Waals surface area (Å²) >= 11 is 0. The van der Waals surface area contributed by atoms with Crippen molar-refractivity contribution in [2.75, 3.05) is 27.2 Å². The second-order valence-electron chi connectivity index (χ2n) is 6.69. The highest BCUT2D eigenvalue weighted by molar-refractivity contribution is 5.94. The average molecular weight is 333 g/mol. The third-order valence-corrected chi connectivity index (χ3v) is 4.40. The zero-order valence-corrected chi connectivity index (χ0v) is 14.7. The van der Waals surface area contributed by atoms with Gasteiger partial charge >= 0.3 is 5.97 Å². The van der Waals surface area contributed by atoms with Gasteiger partial charge in [-0.1, -0.05) is 19.1 Å². The molecule has 6 heteroatoms. The molecule has 1 saturated carbocycles. The number of carboxylic acids is 1. The molecule has 6 nitrogen and oxygen atoms in total. The minimum Gasteiger partial charge on any atom is -0.480 e. The Bertz CT molecular complexity index is 583. The lowest BCUT2D eigenvalue weighted by molar-refractivity contribution is -0.139. The summed E-state index contributed by atoms with van der Waals surface area (Å²) in [6.07, 6.45) is 1.62. The number of likely N-dealkylation sites (N-methyl/N-ethyl adjacent to an activating group) is 1. The van der Waals surface area contributed by atoms with E-state index in [1.165, 1.54) is 0 Å². The Morgan fingerprint density at radius 3 is 2.58 bits per heavy atom. The number of carbonyl (C=O) groups excluding carboxylic acids is 1. The van der Waals surface area contributed by atoms with E-state index in [2.05, 4.69) is 10.2 Å². The summed E-state index contributed by atoms with van der Waals surface area (Å²) in [5, 5.41) is 12.0. The molecule has 1 aliphatic carbocycles. The third-order valence-electron chi connectivity index (χ3n) is 4.40. The Hall–Kier alpha value is -1.92. The molecule has 2 N–H and O–H groups in total. The first-order valence-electron chi connectivity index (χ1n) is 8.39. The summed E-state index contributed by atoms with van der Waals surface area (Å²) in [5.74, 6) is -0.859. The number of carbonyl (C=O) groups is 2. The SMILES string of the molecule is CCN(CC(=O)O)C1CC(NC(=O)c2cccc(CN(C)C)c2)C1. The third kappa shape index (κ3) is 5.04. The highest BCUT2D eigenvalue weighted by atomic mass is 16.4. The van der Waals surface area contributed by atoms with Gasteiger partial charge in [0.1, 0.15) is 0 Å². The Balaban J connectivity index is 1.85. The Morgan fingerprint density at radius 1 is 1.29 bits per heavy atom. The molecular weight excluding hydrogens is 306 g/mol. The zero-order valence-electron chi connectivity index (χ0n) is 14.7. The molecule has 1 aromatic carbocycles. The highest BCUT2D eigenvalue weighted by Gasteiger charge is 2.34. The van der Waals surface area contributed by atoms with Crippen LogP contribution in [0, 0.1) is 0 Å². The van der Waals surface area contributed by atoms with Crippen LogP contribution in [-0.4, -0.2) is 66.1 Å². The molecule has 0 unspecified atom stereocenters. The molecule has 132 valence electrons. The van der Waals surface area contributed by atoms with Gasteiger partial charge in [0.15, 0.2) is 0 Å². The maximum absolute atomic E-state index is 12.4. The van der Waals surface area contributed by atoms with Gasteiger partial charge in [0.05, 0.1) is 6.54 Å². The molecule has 0 saturated heterocycles. The Labute approximate surface area is 143 Å². The van der Waals surface area contributed by atoms with E-state index >= 15 is 0 Å². The van der Waals surface area contributed by atoms with Gasteiger partial charge in [-0.3, -0.25) is 14.5 Å². The quantitative estimate of drug-likeness (QED) is 0.753. The van der Waals surface area contributed by atoms with Crippen LogP contribution in [0.3, 0.4) is 0 Å². The van der Waals surface area contributed by atoms with Gasteiger partial charge in [-0.05, 0) is 51.2 Å². The van der Waals surface area contributed by atoms with E-state index in [0.717, 1.165) is 24.9 Å². The molecule has 0 spiro atoms. The van der Waals surface area contributed by atoms with E-state index in [1.807, 2.05) is 50.2 Å². The van der Waals surface area contributed by atoms with Crippen LogP contribution < -0.4 is 5.32 Å². The molecule has 1 aliphatic rings. The van der Waals surface area contributed by atoms with Gasteiger partial charge < -0.3 is 15.3 Å². The van der Waals surface area contributed by atoms with Crippen molar-refractivity contribution in [1.82, 2.24) is 15.1 Å².